The summed E-state index contributed by atoms with van der Waals surface area (Å²) in [7, 11) is 3.14. The SMILES string of the molecule is COc1cc(/C=N/NC(=O)C(OC(C)C)c2ccc(N3CCOCC3)cc2)cc(OC)c1Br. The van der Waals surface area contributed by atoms with Gasteiger partial charge in [-0.25, -0.2) is 5.43 Å². The number of morpholine rings is 1. The number of carbonyl (C=O) groups is 1. The largest absolute Gasteiger partial charge is 0.495 e. The molecule has 1 aliphatic heterocycles. The van der Waals surface area contributed by atoms with Gasteiger partial charge in [0.2, 0.25) is 0 Å². The average Bonchev–Trinajstić information content (AvgIpc) is 2.83. The fraction of sp³-hybridized carbons (Fsp3) is 0.417. The molecule has 1 fully saturated rings. The molecule has 0 bridgehead atoms. The van der Waals surface area contributed by atoms with Crippen molar-refractivity contribution in [1.29, 1.82) is 0 Å². The van der Waals surface area contributed by atoms with Gasteiger partial charge in [-0.2, -0.15) is 5.10 Å². The summed E-state index contributed by atoms with van der Waals surface area (Å²) in [5.41, 5.74) is 5.16. The average molecular weight is 520 g/mol. The van der Waals surface area contributed by atoms with Crippen molar-refractivity contribution in [1.82, 2.24) is 5.43 Å². The van der Waals surface area contributed by atoms with Gasteiger partial charge in [-0.1, -0.05) is 12.1 Å². The first kappa shape index (κ1) is 25.0. The second kappa shape index (κ2) is 12.0. The third-order valence-electron chi connectivity index (χ3n) is 5.07. The number of hydrogen-bond donors (Lipinski definition) is 1. The summed E-state index contributed by atoms with van der Waals surface area (Å²) < 4.78 is 22.7. The van der Waals surface area contributed by atoms with Crippen molar-refractivity contribution in [2.45, 2.75) is 26.1 Å². The molecular weight excluding hydrogens is 490 g/mol. The van der Waals surface area contributed by atoms with Gasteiger partial charge in [-0.05, 0) is 59.6 Å². The van der Waals surface area contributed by atoms with Crippen LogP contribution in [0.2, 0.25) is 0 Å². The number of methoxy groups -OCH3 is 2. The first-order valence-corrected chi connectivity index (χ1v) is 11.5. The Kier molecular flexibility index (Phi) is 9.11. The highest BCUT2D eigenvalue weighted by molar-refractivity contribution is 9.10. The molecule has 1 atom stereocenters. The first-order chi connectivity index (χ1) is 15.9. The molecule has 0 saturated carbocycles. The number of anilines is 1. The van der Waals surface area contributed by atoms with Crippen LogP contribution in [-0.4, -0.2) is 58.7 Å². The van der Waals surface area contributed by atoms with Gasteiger partial charge < -0.3 is 23.8 Å². The van der Waals surface area contributed by atoms with E-state index >= 15 is 0 Å². The fourth-order valence-corrected chi connectivity index (χ4v) is 3.99. The number of rotatable bonds is 9. The molecule has 8 nitrogen and oxygen atoms in total. The molecule has 9 heteroatoms. The third-order valence-corrected chi connectivity index (χ3v) is 5.86. The lowest BCUT2D eigenvalue weighted by molar-refractivity contribution is -0.136. The minimum atomic E-state index is -0.783. The summed E-state index contributed by atoms with van der Waals surface area (Å²) in [4.78, 5) is 15.2. The van der Waals surface area contributed by atoms with Crippen LogP contribution in [0.3, 0.4) is 0 Å². The summed E-state index contributed by atoms with van der Waals surface area (Å²) in [5.74, 6) is 0.849. The van der Waals surface area contributed by atoms with Crippen LogP contribution in [-0.2, 0) is 14.3 Å². The Balaban J connectivity index is 1.72. The monoisotopic (exact) mass is 519 g/mol. The smallest absolute Gasteiger partial charge is 0.273 e. The quantitative estimate of drug-likeness (QED) is 0.399. The Hall–Kier alpha value is -2.62. The highest BCUT2D eigenvalue weighted by Crippen LogP contribution is 2.35. The second-order valence-corrected chi connectivity index (χ2v) is 8.52. The van der Waals surface area contributed by atoms with E-state index in [-0.39, 0.29) is 12.0 Å². The minimum Gasteiger partial charge on any atom is -0.495 e. The Morgan fingerprint density at radius 2 is 1.73 bits per heavy atom. The summed E-state index contributed by atoms with van der Waals surface area (Å²) in [6.07, 6.45) is 0.613. The predicted octanol–water partition coefficient (Wildman–Crippen LogP) is 3.92. The number of nitrogens with zero attached hydrogens (tertiary/aromatic N) is 2. The Morgan fingerprint density at radius 3 is 2.27 bits per heavy atom. The molecule has 2 aromatic rings. The molecule has 1 heterocycles. The van der Waals surface area contributed by atoms with E-state index in [9.17, 15) is 4.79 Å². The van der Waals surface area contributed by atoms with Crippen molar-refractivity contribution in [3.63, 3.8) is 0 Å². The molecule has 0 spiro atoms. The zero-order valence-electron chi connectivity index (χ0n) is 19.3. The van der Waals surface area contributed by atoms with E-state index in [0.717, 1.165) is 37.6 Å². The van der Waals surface area contributed by atoms with Crippen molar-refractivity contribution in [3.8, 4) is 11.5 Å². The van der Waals surface area contributed by atoms with Crippen LogP contribution in [0.1, 0.15) is 31.1 Å². The Labute approximate surface area is 203 Å². The van der Waals surface area contributed by atoms with Gasteiger partial charge in [0.1, 0.15) is 16.0 Å². The van der Waals surface area contributed by atoms with Crippen LogP contribution in [0.15, 0.2) is 46.0 Å². The summed E-state index contributed by atoms with van der Waals surface area (Å²) >= 11 is 3.44. The molecule has 0 radical (unpaired) electrons. The summed E-state index contributed by atoms with van der Waals surface area (Å²) in [6, 6.07) is 11.4. The lowest BCUT2D eigenvalue weighted by atomic mass is 10.1. The minimum absolute atomic E-state index is 0.136. The standard InChI is InChI=1S/C24H30BrN3O5/c1-16(2)33-23(18-5-7-19(8-6-18)28-9-11-32-12-10-28)24(29)27-26-15-17-13-20(30-3)22(25)21(14-17)31-4/h5-8,13-16,23H,9-12H2,1-4H3,(H,27,29)/b26-15+. The lowest BCUT2D eigenvalue weighted by Gasteiger charge is -2.29. The number of amides is 1. The maximum absolute atomic E-state index is 12.9. The molecule has 178 valence electrons. The van der Waals surface area contributed by atoms with Gasteiger partial charge in [-0.15, -0.1) is 0 Å². The molecule has 1 amide bonds. The van der Waals surface area contributed by atoms with Crippen LogP contribution in [0.5, 0.6) is 11.5 Å². The summed E-state index contributed by atoms with van der Waals surface area (Å²) in [5, 5.41) is 4.11. The number of benzene rings is 2. The molecule has 1 N–H and O–H groups in total. The van der Waals surface area contributed by atoms with Crippen molar-refractivity contribution >= 4 is 33.7 Å². The highest BCUT2D eigenvalue weighted by Gasteiger charge is 2.23. The van der Waals surface area contributed by atoms with E-state index in [1.807, 2.05) is 38.1 Å². The van der Waals surface area contributed by atoms with Gasteiger partial charge in [0, 0.05) is 24.3 Å². The first-order valence-electron chi connectivity index (χ1n) is 10.8. The van der Waals surface area contributed by atoms with E-state index < -0.39 is 6.10 Å². The fourth-order valence-electron chi connectivity index (χ4n) is 3.44. The van der Waals surface area contributed by atoms with E-state index in [1.54, 1.807) is 26.4 Å². The van der Waals surface area contributed by atoms with Crippen LogP contribution in [0.25, 0.3) is 0 Å². The van der Waals surface area contributed by atoms with Crippen LogP contribution >= 0.6 is 15.9 Å². The molecule has 33 heavy (non-hydrogen) atoms. The maximum Gasteiger partial charge on any atom is 0.273 e. The zero-order valence-corrected chi connectivity index (χ0v) is 20.9. The van der Waals surface area contributed by atoms with Crippen molar-refractivity contribution in [2.24, 2.45) is 5.10 Å². The van der Waals surface area contributed by atoms with E-state index in [2.05, 4.69) is 31.4 Å². The van der Waals surface area contributed by atoms with Crippen LogP contribution in [0, 0.1) is 0 Å². The highest BCUT2D eigenvalue weighted by atomic mass is 79.9. The number of hydrogen-bond acceptors (Lipinski definition) is 7. The van der Waals surface area contributed by atoms with E-state index in [1.165, 1.54) is 6.21 Å². The lowest BCUT2D eigenvalue weighted by Crippen LogP contribution is -2.36. The molecule has 1 aliphatic rings. The number of nitrogens with one attached hydrogen (secondary N) is 1. The van der Waals surface area contributed by atoms with Gasteiger partial charge >= 0.3 is 0 Å². The van der Waals surface area contributed by atoms with E-state index in [0.29, 0.717) is 21.5 Å². The van der Waals surface area contributed by atoms with Crippen molar-refractivity contribution in [2.75, 3.05) is 45.4 Å². The number of carbonyl (C=O) groups excluding carboxylic acids is 1. The topological polar surface area (TPSA) is 81.6 Å². The normalized spacial score (nSPS) is 15.0. The number of halogens is 1. The molecular formula is C24H30BrN3O5. The van der Waals surface area contributed by atoms with Gasteiger partial charge in [-0.3, -0.25) is 4.79 Å². The maximum atomic E-state index is 12.9. The van der Waals surface area contributed by atoms with Crippen molar-refractivity contribution in [3.05, 3.63) is 52.0 Å². The van der Waals surface area contributed by atoms with E-state index in [4.69, 9.17) is 18.9 Å². The van der Waals surface area contributed by atoms with Gasteiger partial charge in [0.25, 0.3) is 5.91 Å². The molecule has 0 aromatic heterocycles. The summed E-state index contributed by atoms with van der Waals surface area (Å²) in [6.45, 7) is 6.94. The van der Waals surface area contributed by atoms with Gasteiger partial charge in [0.05, 0.1) is 39.8 Å². The predicted molar refractivity (Wildman–Crippen MR) is 131 cm³/mol. The molecule has 0 aliphatic carbocycles. The number of hydrazone groups is 1. The van der Waals surface area contributed by atoms with Crippen LogP contribution < -0.4 is 19.8 Å². The molecule has 3 rings (SSSR count). The number of ether oxygens (including phenoxy) is 4. The molecule has 1 unspecified atom stereocenters. The Bertz CT molecular complexity index is 934. The molecule has 2 aromatic carbocycles. The zero-order chi connectivity index (χ0) is 23.8. The van der Waals surface area contributed by atoms with Crippen molar-refractivity contribution < 1.29 is 23.7 Å². The second-order valence-electron chi connectivity index (χ2n) is 7.73. The Morgan fingerprint density at radius 1 is 1.12 bits per heavy atom. The van der Waals surface area contributed by atoms with Gasteiger partial charge in [0.15, 0.2) is 6.10 Å². The molecule has 1 saturated heterocycles. The third kappa shape index (κ3) is 6.69. The van der Waals surface area contributed by atoms with Crippen LogP contribution in [0.4, 0.5) is 5.69 Å².